The second-order valence-electron chi connectivity index (χ2n) is 5.53. The first-order valence-electron chi connectivity index (χ1n) is 7.48. The van der Waals surface area contributed by atoms with E-state index in [0.29, 0.717) is 13.2 Å². The molecule has 1 amide bonds. The van der Waals surface area contributed by atoms with Crippen LogP contribution in [0.2, 0.25) is 0 Å². The van der Waals surface area contributed by atoms with Gasteiger partial charge in [0.15, 0.2) is 0 Å². The summed E-state index contributed by atoms with van der Waals surface area (Å²) in [5.41, 5.74) is -0.533. The van der Waals surface area contributed by atoms with E-state index in [-0.39, 0.29) is 18.2 Å². The summed E-state index contributed by atoms with van der Waals surface area (Å²) in [4.78, 5) is 23.4. The summed E-state index contributed by atoms with van der Waals surface area (Å²) in [5, 5.41) is 11.8. The standard InChI is InChI=1S/C16H20FNO5/c1-2-22-10-16(7-8-16)15(21)18-9-13(14(19)20)23-12-5-3-11(17)4-6-12/h3-6,13H,2,7-10H2,1H3,(H,18,21)(H,19,20). The molecule has 7 heteroatoms. The SMILES string of the molecule is CCOCC1(C(=O)NCC(Oc2ccc(F)cc2)C(=O)O)CC1. The normalized spacial score (nSPS) is 16.4. The fraction of sp³-hybridized carbons (Fsp3) is 0.500. The molecule has 23 heavy (non-hydrogen) atoms. The summed E-state index contributed by atoms with van der Waals surface area (Å²) in [6, 6.07) is 5.03. The molecule has 0 saturated heterocycles. The molecule has 0 bridgehead atoms. The molecule has 1 aromatic carbocycles. The Bertz CT molecular complexity index is 556. The van der Waals surface area contributed by atoms with Crippen LogP contribution >= 0.6 is 0 Å². The highest BCUT2D eigenvalue weighted by molar-refractivity contribution is 5.86. The third kappa shape index (κ3) is 4.66. The van der Waals surface area contributed by atoms with Crippen molar-refractivity contribution in [1.82, 2.24) is 5.32 Å². The lowest BCUT2D eigenvalue weighted by atomic mass is 10.1. The lowest BCUT2D eigenvalue weighted by Crippen LogP contribution is -2.44. The van der Waals surface area contributed by atoms with Gasteiger partial charge in [-0.05, 0) is 44.0 Å². The Morgan fingerprint density at radius 1 is 1.35 bits per heavy atom. The minimum absolute atomic E-state index is 0.167. The zero-order chi connectivity index (χ0) is 16.9. The number of hydrogen-bond acceptors (Lipinski definition) is 4. The van der Waals surface area contributed by atoms with Gasteiger partial charge < -0.3 is 19.9 Å². The topological polar surface area (TPSA) is 84.9 Å². The fourth-order valence-electron chi connectivity index (χ4n) is 2.11. The van der Waals surface area contributed by atoms with E-state index in [1.165, 1.54) is 24.3 Å². The molecule has 1 unspecified atom stereocenters. The Morgan fingerprint density at radius 2 is 2.00 bits per heavy atom. The van der Waals surface area contributed by atoms with Crippen LogP contribution in [0.3, 0.4) is 0 Å². The number of carbonyl (C=O) groups is 2. The van der Waals surface area contributed by atoms with Gasteiger partial charge in [-0.1, -0.05) is 0 Å². The van der Waals surface area contributed by atoms with E-state index >= 15 is 0 Å². The van der Waals surface area contributed by atoms with E-state index < -0.39 is 23.3 Å². The lowest BCUT2D eigenvalue weighted by molar-refractivity contribution is -0.145. The Morgan fingerprint density at radius 3 is 2.52 bits per heavy atom. The van der Waals surface area contributed by atoms with Gasteiger partial charge in [-0.2, -0.15) is 0 Å². The van der Waals surface area contributed by atoms with Crippen molar-refractivity contribution in [1.29, 1.82) is 0 Å². The molecule has 0 spiro atoms. The minimum atomic E-state index is -1.24. The summed E-state index contributed by atoms with van der Waals surface area (Å²) in [5.74, 6) is -1.64. The summed E-state index contributed by atoms with van der Waals surface area (Å²) in [6.07, 6.45) is 0.220. The molecular weight excluding hydrogens is 305 g/mol. The van der Waals surface area contributed by atoms with Crippen LogP contribution < -0.4 is 10.1 Å². The summed E-state index contributed by atoms with van der Waals surface area (Å²) >= 11 is 0. The van der Waals surface area contributed by atoms with Crippen LogP contribution in [0.4, 0.5) is 4.39 Å². The third-order valence-electron chi connectivity index (χ3n) is 3.73. The molecule has 1 aliphatic carbocycles. The minimum Gasteiger partial charge on any atom is -0.478 e. The average molecular weight is 325 g/mol. The van der Waals surface area contributed by atoms with Gasteiger partial charge in [0.25, 0.3) is 0 Å². The number of amides is 1. The first-order chi connectivity index (χ1) is 11.0. The maximum absolute atomic E-state index is 12.8. The van der Waals surface area contributed by atoms with Crippen molar-refractivity contribution in [3.8, 4) is 5.75 Å². The van der Waals surface area contributed by atoms with Gasteiger partial charge in [-0.15, -0.1) is 0 Å². The number of carboxylic acid groups (broad SMARTS) is 1. The van der Waals surface area contributed by atoms with Crippen molar-refractivity contribution in [2.75, 3.05) is 19.8 Å². The Balaban J connectivity index is 1.88. The summed E-state index contributed by atoms with van der Waals surface area (Å²) < 4.78 is 23.4. The molecule has 1 atom stereocenters. The number of benzene rings is 1. The molecule has 1 aliphatic rings. The Labute approximate surface area is 133 Å². The van der Waals surface area contributed by atoms with Gasteiger partial charge in [0.05, 0.1) is 18.6 Å². The molecule has 0 radical (unpaired) electrons. The van der Waals surface area contributed by atoms with Gasteiger partial charge in [0, 0.05) is 6.61 Å². The Hall–Kier alpha value is -2.15. The van der Waals surface area contributed by atoms with Crippen LogP contribution in [-0.2, 0) is 14.3 Å². The van der Waals surface area contributed by atoms with Gasteiger partial charge in [-0.25, -0.2) is 9.18 Å². The van der Waals surface area contributed by atoms with Crippen LogP contribution in [0, 0.1) is 11.2 Å². The first kappa shape index (κ1) is 17.2. The first-order valence-corrected chi connectivity index (χ1v) is 7.48. The van der Waals surface area contributed by atoms with Crippen molar-refractivity contribution in [3.63, 3.8) is 0 Å². The molecule has 6 nitrogen and oxygen atoms in total. The number of carbonyl (C=O) groups excluding carboxylic acids is 1. The van der Waals surface area contributed by atoms with E-state index in [4.69, 9.17) is 9.47 Å². The predicted octanol–water partition coefficient (Wildman–Crippen LogP) is 1.59. The highest BCUT2D eigenvalue weighted by atomic mass is 19.1. The highest BCUT2D eigenvalue weighted by Crippen LogP contribution is 2.46. The van der Waals surface area contributed by atoms with E-state index in [1.54, 1.807) is 0 Å². The predicted molar refractivity (Wildman–Crippen MR) is 79.6 cm³/mol. The fourth-order valence-corrected chi connectivity index (χ4v) is 2.11. The number of carboxylic acids is 1. The highest BCUT2D eigenvalue weighted by Gasteiger charge is 2.50. The smallest absolute Gasteiger partial charge is 0.346 e. The van der Waals surface area contributed by atoms with Crippen LogP contribution in [0.15, 0.2) is 24.3 Å². The van der Waals surface area contributed by atoms with E-state index in [1.807, 2.05) is 6.92 Å². The van der Waals surface area contributed by atoms with Crippen LogP contribution in [0.1, 0.15) is 19.8 Å². The molecule has 1 aromatic rings. The quantitative estimate of drug-likeness (QED) is 0.720. The van der Waals surface area contributed by atoms with Crippen molar-refractivity contribution >= 4 is 11.9 Å². The Kier molecular flexibility index (Phi) is 5.54. The molecule has 1 fully saturated rings. The van der Waals surface area contributed by atoms with Gasteiger partial charge >= 0.3 is 5.97 Å². The number of halogens is 1. The van der Waals surface area contributed by atoms with Gasteiger partial charge in [-0.3, -0.25) is 4.79 Å². The zero-order valence-electron chi connectivity index (χ0n) is 12.9. The largest absolute Gasteiger partial charge is 0.478 e. The number of hydrogen-bond donors (Lipinski definition) is 2. The molecule has 0 aromatic heterocycles. The van der Waals surface area contributed by atoms with E-state index in [0.717, 1.165) is 12.8 Å². The third-order valence-corrected chi connectivity index (χ3v) is 3.73. The second-order valence-corrected chi connectivity index (χ2v) is 5.53. The lowest BCUT2D eigenvalue weighted by Gasteiger charge is -2.19. The molecule has 0 aliphatic heterocycles. The van der Waals surface area contributed by atoms with Crippen molar-refractivity contribution < 1.29 is 28.6 Å². The molecular formula is C16H20FNO5. The second kappa shape index (κ2) is 7.41. The molecule has 2 N–H and O–H groups in total. The van der Waals surface area contributed by atoms with E-state index in [2.05, 4.69) is 5.32 Å². The zero-order valence-corrected chi connectivity index (χ0v) is 12.9. The molecule has 2 rings (SSSR count). The monoisotopic (exact) mass is 325 g/mol. The maximum Gasteiger partial charge on any atom is 0.346 e. The number of nitrogens with one attached hydrogen (secondary N) is 1. The van der Waals surface area contributed by atoms with Crippen LogP contribution in [0.25, 0.3) is 0 Å². The number of rotatable bonds is 9. The van der Waals surface area contributed by atoms with Crippen molar-refractivity contribution in [2.45, 2.75) is 25.9 Å². The van der Waals surface area contributed by atoms with E-state index in [9.17, 15) is 19.1 Å². The average Bonchev–Trinajstić information content (AvgIpc) is 3.32. The summed E-state index contributed by atoms with van der Waals surface area (Å²) in [6.45, 7) is 2.55. The van der Waals surface area contributed by atoms with Crippen LogP contribution in [-0.4, -0.2) is 42.8 Å². The number of ether oxygens (including phenoxy) is 2. The van der Waals surface area contributed by atoms with Gasteiger partial charge in [0.2, 0.25) is 12.0 Å². The molecule has 0 heterocycles. The van der Waals surface area contributed by atoms with Gasteiger partial charge in [0.1, 0.15) is 11.6 Å². The van der Waals surface area contributed by atoms with Crippen LogP contribution in [0.5, 0.6) is 5.75 Å². The molecule has 126 valence electrons. The van der Waals surface area contributed by atoms with Crippen molar-refractivity contribution in [3.05, 3.63) is 30.1 Å². The maximum atomic E-state index is 12.8. The van der Waals surface area contributed by atoms with Crippen molar-refractivity contribution in [2.24, 2.45) is 5.41 Å². The number of aliphatic carboxylic acids is 1. The summed E-state index contributed by atoms with van der Waals surface area (Å²) in [7, 11) is 0. The molecule has 1 saturated carbocycles.